The van der Waals surface area contributed by atoms with Gasteiger partial charge >= 0.3 is 0 Å². The van der Waals surface area contributed by atoms with Crippen LogP contribution < -0.4 is 4.90 Å². The second kappa shape index (κ2) is 7.12. The van der Waals surface area contributed by atoms with Crippen LogP contribution in [0.5, 0.6) is 0 Å². The van der Waals surface area contributed by atoms with E-state index in [-0.39, 0.29) is 0 Å². The Bertz CT molecular complexity index is 386. The van der Waals surface area contributed by atoms with Gasteiger partial charge in [-0.05, 0) is 50.2 Å². The van der Waals surface area contributed by atoms with E-state index in [0.29, 0.717) is 6.23 Å². The van der Waals surface area contributed by atoms with Gasteiger partial charge in [-0.1, -0.05) is 37.5 Å². The summed E-state index contributed by atoms with van der Waals surface area (Å²) in [5, 5.41) is 0. The summed E-state index contributed by atoms with van der Waals surface area (Å²) in [5.41, 5.74) is 1.32. The summed E-state index contributed by atoms with van der Waals surface area (Å²) in [6.45, 7) is 2.10. The maximum absolute atomic E-state index is 6.32. The molecule has 0 amide bonds. The molecule has 1 atom stereocenters. The largest absolute Gasteiger partial charge is 0.358 e. The van der Waals surface area contributed by atoms with Crippen molar-refractivity contribution in [2.45, 2.75) is 57.6 Å². The van der Waals surface area contributed by atoms with Gasteiger partial charge < -0.3 is 9.64 Å². The molecule has 20 heavy (non-hydrogen) atoms. The van der Waals surface area contributed by atoms with Crippen LogP contribution in [-0.4, -0.2) is 19.4 Å². The SMILES string of the molecule is c1ccc(N2CCCCC2OCC2CCCCC2)cc1. The number of nitrogens with zero attached hydrogens (tertiary/aromatic N) is 1. The van der Waals surface area contributed by atoms with E-state index in [9.17, 15) is 0 Å². The van der Waals surface area contributed by atoms with Crippen LogP contribution in [0.3, 0.4) is 0 Å². The zero-order valence-electron chi connectivity index (χ0n) is 12.5. The van der Waals surface area contributed by atoms with Gasteiger partial charge in [0.1, 0.15) is 6.23 Å². The third kappa shape index (κ3) is 3.54. The number of hydrogen-bond donors (Lipinski definition) is 0. The molecule has 1 aromatic carbocycles. The molecule has 1 saturated carbocycles. The topological polar surface area (TPSA) is 12.5 Å². The third-order valence-electron chi connectivity index (χ3n) is 4.78. The Morgan fingerprint density at radius 1 is 0.900 bits per heavy atom. The van der Waals surface area contributed by atoms with Crippen molar-refractivity contribution in [1.82, 2.24) is 0 Å². The summed E-state index contributed by atoms with van der Waals surface area (Å²) in [6.07, 6.45) is 11.1. The van der Waals surface area contributed by atoms with E-state index in [1.165, 1.54) is 57.1 Å². The standard InChI is InChI=1S/C18H27NO/c1-3-9-16(10-4-1)15-20-18-13-7-8-14-19(18)17-11-5-2-6-12-17/h2,5-6,11-12,16,18H,1,3-4,7-10,13-15H2. The minimum atomic E-state index is 0.299. The molecule has 0 aromatic heterocycles. The summed E-state index contributed by atoms with van der Waals surface area (Å²) in [6, 6.07) is 10.8. The molecule has 3 rings (SSSR count). The van der Waals surface area contributed by atoms with Crippen LogP contribution in [0.25, 0.3) is 0 Å². The van der Waals surface area contributed by atoms with E-state index < -0.39 is 0 Å². The van der Waals surface area contributed by atoms with Crippen molar-refractivity contribution in [3.8, 4) is 0 Å². The summed E-state index contributed by atoms with van der Waals surface area (Å²) < 4.78 is 6.32. The highest BCUT2D eigenvalue weighted by Gasteiger charge is 2.24. The Kier molecular flexibility index (Phi) is 4.96. The van der Waals surface area contributed by atoms with Crippen LogP contribution in [0.1, 0.15) is 51.4 Å². The van der Waals surface area contributed by atoms with E-state index in [0.717, 1.165) is 19.1 Å². The molecule has 0 spiro atoms. The lowest BCUT2D eigenvalue weighted by Crippen LogP contribution is -2.42. The molecule has 2 aliphatic rings. The Balaban J connectivity index is 1.57. The highest BCUT2D eigenvalue weighted by atomic mass is 16.5. The van der Waals surface area contributed by atoms with Crippen LogP contribution in [0.15, 0.2) is 30.3 Å². The second-order valence-corrected chi connectivity index (χ2v) is 6.32. The lowest BCUT2D eigenvalue weighted by molar-refractivity contribution is 0.00632. The third-order valence-corrected chi connectivity index (χ3v) is 4.78. The Morgan fingerprint density at radius 2 is 1.65 bits per heavy atom. The Labute approximate surface area is 123 Å². The lowest BCUT2D eigenvalue weighted by atomic mass is 9.90. The van der Waals surface area contributed by atoms with Crippen molar-refractivity contribution in [3.63, 3.8) is 0 Å². The number of ether oxygens (including phenoxy) is 1. The molecular weight excluding hydrogens is 246 g/mol. The molecular formula is C18H27NO. The van der Waals surface area contributed by atoms with Gasteiger partial charge in [-0.25, -0.2) is 0 Å². The van der Waals surface area contributed by atoms with Gasteiger partial charge in [-0.15, -0.1) is 0 Å². The maximum Gasteiger partial charge on any atom is 0.130 e. The zero-order chi connectivity index (χ0) is 13.6. The smallest absolute Gasteiger partial charge is 0.130 e. The first kappa shape index (κ1) is 13.9. The molecule has 2 nitrogen and oxygen atoms in total. The van der Waals surface area contributed by atoms with Gasteiger partial charge in [0.25, 0.3) is 0 Å². The minimum absolute atomic E-state index is 0.299. The predicted molar refractivity (Wildman–Crippen MR) is 84.0 cm³/mol. The van der Waals surface area contributed by atoms with Gasteiger partial charge in [0.05, 0.1) is 6.61 Å². The highest BCUT2D eigenvalue weighted by Crippen LogP contribution is 2.28. The molecule has 2 heteroatoms. The summed E-state index contributed by atoms with van der Waals surface area (Å²) in [7, 11) is 0. The van der Waals surface area contributed by atoms with Crippen LogP contribution in [-0.2, 0) is 4.74 Å². The average molecular weight is 273 g/mol. The molecule has 110 valence electrons. The normalized spacial score (nSPS) is 24.8. The number of hydrogen-bond acceptors (Lipinski definition) is 2. The molecule has 2 fully saturated rings. The van der Waals surface area contributed by atoms with E-state index in [4.69, 9.17) is 4.74 Å². The molecule has 1 aliphatic carbocycles. The fraction of sp³-hybridized carbons (Fsp3) is 0.667. The van der Waals surface area contributed by atoms with E-state index in [1.54, 1.807) is 0 Å². The molecule has 0 bridgehead atoms. The first-order chi connectivity index (χ1) is 9.93. The molecule has 1 unspecified atom stereocenters. The fourth-order valence-electron chi connectivity index (χ4n) is 3.59. The molecule has 1 aromatic rings. The van der Waals surface area contributed by atoms with Crippen LogP contribution in [0, 0.1) is 5.92 Å². The van der Waals surface area contributed by atoms with E-state index in [1.807, 2.05) is 0 Å². The number of benzene rings is 1. The second-order valence-electron chi connectivity index (χ2n) is 6.32. The van der Waals surface area contributed by atoms with Crippen molar-refractivity contribution in [1.29, 1.82) is 0 Å². The van der Waals surface area contributed by atoms with Gasteiger partial charge in [0, 0.05) is 12.2 Å². The van der Waals surface area contributed by atoms with Crippen molar-refractivity contribution >= 4 is 5.69 Å². The summed E-state index contributed by atoms with van der Waals surface area (Å²) in [4.78, 5) is 2.46. The van der Waals surface area contributed by atoms with Crippen molar-refractivity contribution < 1.29 is 4.74 Å². The van der Waals surface area contributed by atoms with E-state index in [2.05, 4.69) is 35.2 Å². The Morgan fingerprint density at radius 3 is 2.45 bits per heavy atom. The highest BCUT2D eigenvalue weighted by molar-refractivity contribution is 5.46. The molecule has 1 aliphatic heterocycles. The summed E-state index contributed by atoms with van der Waals surface area (Å²) in [5.74, 6) is 0.809. The van der Waals surface area contributed by atoms with Crippen molar-refractivity contribution in [2.24, 2.45) is 5.92 Å². The maximum atomic E-state index is 6.32. The van der Waals surface area contributed by atoms with Gasteiger partial charge in [0.15, 0.2) is 0 Å². The Hall–Kier alpha value is -1.02. The number of rotatable bonds is 4. The van der Waals surface area contributed by atoms with Gasteiger partial charge in [-0.3, -0.25) is 0 Å². The van der Waals surface area contributed by atoms with Crippen molar-refractivity contribution in [3.05, 3.63) is 30.3 Å². The quantitative estimate of drug-likeness (QED) is 0.795. The minimum Gasteiger partial charge on any atom is -0.358 e. The average Bonchev–Trinajstić information content (AvgIpc) is 2.55. The van der Waals surface area contributed by atoms with Gasteiger partial charge in [0.2, 0.25) is 0 Å². The molecule has 0 N–H and O–H groups in total. The first-order valence-electron chi connectivity index (χ1n) is 8.37. The molecule has 1 heterocycles. The predicted octanol–water partition coefficient (Wildman–Crippen LogP) is 4.60. The monoisotopic (exact) mass is 273 g/mol. The van der Waals surface area contributed by atoms with Gasteiger partial charge in [-0.2, -0.15) is 0 Å². The van der Waals surface area contributed by atoms with Crippen LogP contribution in [0.2, 0.25) is 0 Å². The number of anilines is 1. The molecule has 0 radical (unpaired) electrons. The summed E-state index contributed by atoms with van der Waals surface area (Å²) >= 11 is 0. The fourth-order valence-corrected chi connectivity index (χ4v) is 3.59. The van der Waals surface area contributed by atoms with Crippen LogP contribution in [0.4, 0.5) is 5.69 Å². The number of piperidine rings is 1. The number of para-hydroxylation sites is 1. The van der Waals surface area contributed by atoms with E-state index >= 15 is 0 Å². The zero-order valence-corrected chi connectivity index (χ0v) is 12.5. The first-order valence-corrected chi connectivity index (χ1v) is 8.37. The van der Waals surface area contributed by atoms with Crippen LogP contribution >= 0.6 is 0 Å². The lowest BCUT2D eigenvalue weighted by Gasteiger charge is -2.38. The van der Waals surface area contributed by atoms with Crippen molar-refractivity contribution in [2.75, 3.05) is 18.1 Å². The molecule has 1 saturated heterocycles.